The zero-order valence-corrected chi connectivity index (χ0v) is 5.91. The van der Waals surface area contributed by atoms with Gasteiger partial charge in [0.15, 0.2) is 0 Å². The minimum Gasteiger partial charge on any atom is -0.364 e. The summed E-state index contributed by atoms with van der Waals surface area (Å²) in [4.78, 5) is 11.1. The fourth-order valence-electron chi connectivity index (χ4n) is 0.813. The Morgan fingerprint density at radius 1 is 1.73 bits per heavy atom. The van der Waals surface area contributed by atoms with Crippen molar-refractivity contribution in [3.05, 3.63) is 18.0 Å². The molecule has 4 heteroatoms. The van der Waals surface area contributed by atoms with Gasteiger partial charge in [0, 0.05) is 6.04 Å². The van der Waals surface area contributed by atoms with Crippen molar-refractivity contribution in [1.82, 2.24) is 10.5 Å². The number of carbonyl (C=O) groups excluding carboxylic acids is 1. The Labute approximate surface area is 63.6 Å². The van der Waals surface area contributed by atoms with Crippen molar-refractivity contribution in [2.45, 2.75) is 18.9 Å². The number of rotatable bonds is 2. The van der Waals surface area contributed by atoms with Crippen LogP contribution in [-0.2, 0) is 0 Å². The number of hydrogen-bond donors (Lipinski definition) is 1. The summed E-state index contributed by atoms with van der Waals surface area (Å²) in [5.41, 5.74) is 0.497. The molecule has 4 nitrogen and oxygen atoms in total. The van der Waals surface area contributed by atoms with E-state index in [2.05, 4.69) is 15.0 Å². The topological polar surface area (TPSA) is 55.1 Å². The number of carbonyl (C=O) groups is 1. The van der Waals surface area contributed by atoms with Gasteiger partial charge >= 0.3 is 0 Å². The molecule has 1 aliphatic carbocycles. The van der Waals surface area contributed by atoms with Crippen molar-refractivity contribution in [2.75, 3.05) is 0 Å². The maximum Gasteiger partial charge on any atom is 0.256 e. The molecule has 58 valence electrons. The first-order chi connectivity index (χ1) is 5.36. The molecule has 2 rings (SSSR count). The lowest BCUT2D eigenvalue weighted by Gasteiger charge is -1.96. The maximum absolute atomic E-state index is 11.1. The van der Waals surface area contributed by atoms with Crippen LogP contribution >= 0.6 is 0 Å². The van der Waals surface area contributed by atoms with Gasteiger partial charge in [-0.2, -0.15) is 0 Å². The molecule has 0 radical (unpaired) electrons. The molecule has 0 aromatic carbocycles. The summed E-state index contributed by atoms with van der Waals surface area (Å²) in [6.07, 6.45) is 4.95. The van der Waals surface area contributed by atoms with Gasteiger partial charge < -0.3 is 9.84 Å². The predicted molar refractivity (Wildman–Crippen MR) is 37.0 cm³/mol. The van der Waals surface area contributed by atoms with Gasteiger partial charge in [-0.25, -0.2) is 0 Å². The third-order valence-corrected chi connectivity index (χ3v) is 1.61. The van der Waals surface area contributed by atoms with Gasteiger partial charge in [0.05, 0.1) is 11.8 Å². The quantitative estimate of drug-likeness (QED) is 0.673. The lowest BCUT2D eigenvalue weighted by atomic mass is 10.3. The van der Waals surface area contributed by atoms with E-state index < -0.39 is 0 Å². The Bertz CT molecular complexity index is 251. The third kappa shape index (κ3) is 1.39. The van der Waals surface area contributed by atoms with E-state index in [1.807, 2.05) is 0 Å². The van der Waals surface area contributed by atoms with Crippen LogP contribution in [-0.4, -0.2) is 17.1 Å². The highest BCUT2D eigenvalue weighted by Crippen LogP contribution is 2.19. The number of nitrogens with zero attached hydrogens (tertiary/aromatic N) is 1. The van der Waals surface area contributed by atoms with Crippen LogP contribution in [0.3, 0.4) is 0 Å². The number of nitrogens with one attached hydrogen (secondary N) is 1. The summed E-state index contributed by atoms with van der Waals surface area (Å²) < 4.78 is 4.53. The molecule has 1 aliphatic rings. The van der Waals surface area contributed by atoms with E-state index in [1.54, 1.807) is 0 Å². The summed E-state index contributed by atoms with van der Waals surface area (Å²) >= 11 is 0. The molecule has 1 N–H and O–H groups in total. The largest absolute Gasteiger partial charge is 0.364 e. The Hall–Kier alpha value is -1.32. The molecule has 1 amide bonds. The lowest BCUT2D eigenvalue weighted by Crippen LogP contribution is -2.24. The average molecular weight is 152 g/mol. The van der Waals surface area contributed by atoms with Crippen molar-refractivity contribution in [1.29, 1.82) is 0 Å². The van der Waals surface area contributed by atoms with E-state index in [9.17, 15) is 4.79 Å². The fraction of sp³-hybridized carbons (Fsp3) is 0.429. The highest BCUT2D eigenvalue weighted by molar-refractivity contribution is 5.93. The Morgan fingerprint density at radius 2 is 2.55 bits per heavy atom. The fourth-order valence-corrected chi connectivity index (χ4v) is 0.813. The molecule has 0 aliphatic heterocycles. The van der Waals surface area contributed by atoms with E-state index >= 15 is 0 Å². The van der Waals surface area contributed by atoms with E-state index in [0.29, 0.717) is 11.6 Å². The molecule has 0 atom stereocenters. The first-order valence-corrected chi connectivity index (χ1v) is 3.56. The second-order valence-electron chi connectivity index (χ2n) is 2.66. The standard InChI is InChI=1S/C7H8N2O2/c10-7(9-6-1-2-6)5-3-8-11-4-5/h3-4,6H,1-2H2,(H,9,10). The summed E-state index contributed by atoms with van der Waals surface area (Å²) in [6, 6.07) is 0.386. The molecule has 0 saturated heterocycles. The minimum atomic E-state index is -0.0891. The smallest absolute Gasteiger partial charge is 0.256 e. The number of aromatic nitrogens is 1. The molecule has 0 bridgehead atoms. The van der Waals surface area contributed by atoms with Crippen LogP contribution in [0.4, 0.5) is 0 Å². The zero-order chi connectivity index (χ0) is 7.68. The molecule has 1 aromatic rings. The Balaban J connectivity index is 1.99. The summed E-state index contributed by atoms with van der Waals surface area (Å²) in [6.45, 7) is 0. The van der Waals surface area contributed by atoms with Crippen LogP contribution in [0, 0.1) is 0 Å². The minimum absolute atomic E-state index is 0.0891. The van der Waals surface area contributed by atoms with Crippen LogP contribution in [0.2, 0.25) is 0 Å². The Morgan fingerprint density at radius 3 is 3.09 bits per heavy atom. The van der Waals surface area contributed by atoms with Gasteiger partial charge in [0.2, 0.25) is 0 Å². The predicted octanol–water partition coefficient (Wildman–Crippen LogP) is 0.567. The van der Waals surface area contributed by atoms with Crippen LogP contribution in [0.5, 0.6) is 0 Å². The van der Waals surface area contributed by atoms with Gasteiger partial charge in [0.25, 0.3) is 5.91 Å². The first kappa shape index (κ1) is 6.39. The maximum atomic E-state index is 11.1. The SMILES string of the molecule is O=C(NC1CC1)c1cnoc1. The van der Waals surface area contributed by atoms with E-state index in [0.717, 1.165) is 12.8 Å². The monoisotopic (exact) mass is 152 g/mol. The lowest BCUT2D eigenvalue weighted by molar-refractivity contribution is 0.0950. The summed E-state index contributed by atoms with van der Waals surface area (Å²) in [5.74, 6) is -0.0891. The molecule has 0 unspecified atom stereocenters. The molecule has 1 aromatic heterocycles. The first-order valence-electron chi connectivity index (χ1n) is 3.56. The van der Waals surface area contributed by atoms with Gasteiger partial charge in [0.1, 0.15) is 6.26 Å². The normalized spacial score (nSPS) is 16.4. The van der Waals surface area contributed by atoms with Gasteiger partial charge in [-0.1, -0.05) is 5.16 Å². The van der Waals surface area contributed by atoms with Crippen molar-refractivity contribution >= 4 is 5.91 Å². The molecule has 1 heterocycles. The third-order valence-electron chi connectivity index (χ3n) is 1.61. The average Bonchev–Trinajstić information content (AvgIpc) is 2.67. The van der Waals surface area contributed by atoms with Crippen LogP contribution in [0.25, 0.3) is 0 Å². The van der Waals surface area contributed by atoms with Gasteiger partial charge in [-0.05, 0) is 12.8 Å². The van der Waals surface area contributed by atoms with Crippen LogP contribution in [0.15, 0.2) is 17.0 Å². The van der Waals surface area contributed by atoms with Crippen molar-refractivity contribution in [3.63, 3.8) is 0 Å². The van der Waals surface area contributed by atoms with Gasteiger partial charge in [-0.15, -0.1) is 0 Å². The highest BCUT2D eigenvalue weighted by atomic mass is 16.5. The molecule has 11 heavy (non-hydrogen) atoms. The summed E-state index contributed by atoms with van der Waals surface area (Å²) in [5, 5.41) is 6.25. The van der Waals surface area contributed by atoms with Crippen LogP contribution in [0.1, 0.15) is 23.2 Å². The molecule has 1 fully saturated rings. The van der Waals surface area contributed by atoms with Crippen LogP contribution < -0.4 is 5.32 Å². The van der Waals surface area contributed by atoms with E-state index in [4.69, 9.17) is 0 Å². The van der Waals surface area contributed by atoms with E-state index in [-0.39, 0.29) is 5.91 Å². The molecular weight excluding hydrogens is 144 g/mol. The number of hydrogen-bond acceptors (Lipinski definition) is 3. The molecule has 0 spiro atoms. The molecular formula is C7H8N2O2. The zero-order valence-electron chi connectivity index (χ0n) is 5.91. The second-order valence-corrected chi connectivity index (χ2v) is 2.66. The van der Waals surface area contributed by atoms with Crippen molar-refractivity contribution in [2.24, 2.45) is 0 Å². The Kier molecular flexibility index (Phi) is 1.38. The number of amides is 1. The van der Waals surface area contributed by atoms with Crippen molar-refractivity contribution in [3.8, 4) is 0 Å². The van der Waals surface area contributed by atoms with Gasteiger partial charge in [-0.3, -0.25) is 4.79 Å². The second kappa shape index (κ2) is 2.38. The van der Waals surface area contributed by atoms with E-state index in [1.165, 1.54) is 12.5 Å². The summed E-state index contributed by atoms with van der Waals surface area (Å²) in [7, 11) is 0. The highest BCUT2D eigenvalue weighted by Gasteiger charge is 2.24. The molecule has 1 saturated carbocycles. The van der Waals surface area contributed by atoms with Crippen molar-refractivity contribution < 1.29 is 9.32 Å².